The fraction of sp³-hybridized carbons (Fsp3) is 0.308. The largest absolute Gasteiger partial charge is 0.373 e. The lowest BCUT2D eigenvalue weighted by Gasteiger charge is -2.20. The maximum absolute atomic E-state index is 11.0. The molecule has 2 aromatic rings. The third-order valence-electron chi connectivity index (χ3n) is 3.03. The van der Waals surface area contributed by atoms with Crippen molar-refractivity contribution in [2.24, 2.45) is 0 Å². The highest BCUT2D eigenvalue weighted by atomic mass is 16.6. The van der Waals surface area contributed by atoms with Crippen LogP contribution in [0, 0.1) is 10.1 Å². The lowest BCUT2D eigenvalue weighted by atomic mass is 10.1. The number of non-ortho nitro benzene ring substituents is 1. The van der Waals surface area contributed by atoms with Crippen molar-refractivity contribution in [3.05, 3.63) is 40.6 Å². The minimum atomic E-state index is -0.396. The standard InChI is InChI=1S/C13H16N4O2/c1-14-8-9-16(2)11-6-7-15-13-10(11)4-3-5-12(13)17(18)19/h3-7,14H,8-9H2,1-2H3. The van der Waals surface area contributed by atoms with Crippen molar-refractivity contribution in [2.75, 3.05) is 32.1 Å². The number of benzene rings is 1. The Morgan fingerprint density at radius 2 is 2.21 bits per heavy atom. The smallest absolute Gasteiger partial charge is 0.295 e. The van der Waals surface area contributed by atoms with E-state index in [9.17, 15) is 10.1 Å². The lowest BCUT2D eigenvalue weighted by molar-refractivity contribution is -0.383. The van der Waals surface area contributed by atoms with E-state index < -0.39 is 4.92 Å². The molecule has 1 N–H and O–H groups in total. The average molecular weight is 260 g/mol. The molecule has 0 unspecified atom stereocenters. The number of fused-ring (bicyclic) bond motifs is 1. The van der Waals surface area contributed by atoms with E-state index in [0.717, 1.165) is 24.2 Å². The van der Waals surface area contributed by atoms with Crippen LogP contribution in [0.2, 0.25) is 0 Å². The molecule has 0 fully saturated rings. The van der Waals surface area contributed by atoms with Gasteiger partial charge in [0, 0.05) is 43.5 Å². The molecule has 0 aliphatic rings. The van der Waals surface area contributed by atoms with Crippen LogP contribution in [-0.2, 0) is 0 Å². The van der Waals surface area contributed by atoms with E-state index in [1.165, 1.54) is 6.07 Å². The molecule has 0 aliphatic carbocycles. The van der Waals surface area contributed by atoms with Gasteiger partial charge >= 0.3 is 0 Å². The normalized spacial score (nSPS) is 10.6. The maximum atomic E-state index is 11.0. The number of anilines is 1. The molecule has 1 aromatic heterocycles. The summed E-state index contributed by atoms with van der Waals surface area (Å²) in [7, 11) is 3.86. The molecule has 0 saturated carbocycles. The van der Waals surface area contributed by atoms with Gasteiger partial charge in [-0.3, -0.25) is 10.1 Å². The highest BCUT2D eigenvalue weighted by Gasteiger charge is 2.15. The van der Waals surface area contributed by atoms with E-state index in [2.05, 4.69) is 15.2 Å². The summed E-state index contributed by atoms with van der Waals surface area (Å²) in [5, 5.41) is 14.9. The Bertz CT molecular complexity index is 600. The molecule has 0 amide bonds. The summed E-state index contributed by atoms with van der Waals surface area (Å²) in [5.74, 6) is 0. The zero-order valence-corrected chi connectivity index (χ0v) is 11.0. The Hall–Kier alpha value is -2.21. The summed E-state index contributed by atoms with van der Waals surface area (Å²) in [5.41, 5.74) is 1.42. The molecule has 0 spiro atoms. The van der Waals surface area contributed by atoms with Gasteiger partial charge in [0.05, 0.1) is 4.92 Å². The van der Waals surface area contributed by atoms with Gasteiger partial charge in [0.1, 0.15) is 5.52 Å². The molecule has 0 aliphatic heterocycles. The number of likely N-dealkylation sites (N-methyl/N-ethyl adjacent to an activating group) is 2. The molecular weight excluding hydrogens is 244 g/mol. The van der Waals surface area contributed by atoms with Gasteiger partial charge < -0.3 is 10.2 Å². The fourth-order valence-corrected chi connectivity index (χ4v) is 2.03. The van der Waals surface area contributed by atoms with Crippen molar-refractivity contribution in [1.82, 2.24) is 10.3 Å². The number of para-hydroxylation sites is 1. The summed E-state index contributed by atoms with van der Waals surface area (Å²) in [6.07, 6.45) is 1.61. The Morgan fingerprint density at radius 1 is 1.42 bits per heavy atom. The number of nitrogens with zero attached hydrogens (tertiary/aromatic N) is 3. The first-order valence-corrected chi connectivity index (χ1v) is 6.03. The Kier molecular flexibility index (Phi) is 3.91. The van der Waals surface area contributed by atoms with Crippen LogP contribution in [0.3, 0.4) is 0 Å². The summed E-state index contributed by atoms with van der Waals surface area (Å²) < 4.78 is 0. The summed E-state index contributed by atoms with van der Waals surface area (Å²) in [6.45, 7) is 1.66. The number of hydrogen-bond donors (Lipinski definition) is 1. The molecule has 0 bridgehead atoms. The van der Waals surface area contributed by atoms with Gasteiger partial charge in [0.2, 0.25) is 0 Å². The minimum Gasteiger partial charge on any atom is -0.373 e. The van der Waals surface area contributed by atoms with E-state index in [-0.39, 0.29) is 5.69 Å². The fourth-order valence-electron chi connectivity index (χ4n) is 2.03. The Morgan fingerprint density at radius 3 is 2.89 bits per heavy atom. The predicted molar refractivity (Wildman–Crippen MR) is 75.6 cm³/mol. The number of aromatic nitrogens is 1. The Labute approximate surface area is 111 Å². The lowest BCUT2D eigenvalue weighted by Crippen LogP contribution is -2.27. The molecule has 0 saturated heterocycles. The summed E-state index contributed by atoms with van der Waals surface area (Å²) in [6, 6.07) is 6.91. The second-order valence-corrected chi connectivity index (χ2v) is 4.29. The third kappa shape index (κ3) is 2.63. The topological polar surface area (TPSA) is 71.3 Å². The van der Waals surface area contributed by atoms with E-state index >= 15 is 0 Å². The van der Waals surface area contributed by atoms with Gasteiger partial charge in [-0.2, -0.15) is 0 Å². The number of rotatable bonds is 5. The number of hydrogen-bond acceptors (Lipinski definition) is 5. The molecule has 1 aromatic carbocycles. The van der Waals surface area contributed by atoms with Gasteiger partial charge in [-0.1, -0.05) is 12.1 Å². The van der Waals surface area contributed by atoms with E-state index in [0.29, 0.717) is 5.52 Å². The molecular formula is C13H16N4O2. The monoisotopic (exact) mass is 260 g/mol. The highest BCUT2D eigenvalue weighted by Crippen LogP contribution is 2.30. The number of nitrogens with one attached hydrogen (secondary N) is 1. The molecule has 6 heteroatoms. The van der Waals surface area contributed by atoms with E-state index in [4.69, 9.17) is 0 Å². The van der Waals surface area contributed by atoms with Crippen molar-refractivity contribution in [3.63, 3.8) is 0 Å². The van der Waals surface area contributed by atoms with E-state index in [1.54, 1.807) is 12.3 Å². The predicted octanol–water partition coefficient (Wildman–Crippen LogP) is 1.80. The van der Waals surface area contributed by atoms with Crippen molar-refractivity contribution in [1.29, 1.82) is 0 Å². The van der Waals surface area contributed by atoms with Crippen molar-refractivity contribution in [3.8, 4) is 0 Å². The van der Waals surface area contributed by atoms with Crippen LogP contribution in [0.25, 0.3) is 10.9 Å². The van der Waals surface area contributed by atoms with Gasteiger partial charge in [-0.15, -0.1) is 0 Å². The molecule has 0 radical (unpaired) electrons. The zero-order chi connectivity index (χ0) is 13.8. The minimum absolute atomic E-state index is 0.0429. The van der Waals surface area contributed by atoms with Crippen LogP contribution >= 0.6 is 0 Å². The van der Waals surface area contributed by atoms with E-state index in [1.807, 2.05) is 26.2 Å². The molecule has 19 heavy (non-hydrogen) atoms. The number of nitro benzene ring substituents is 1. The van der Waals surface area contributed by atoms with Gasteiger partial charge in [0.25, 0.3) is 5.69 Å². The summed E-state index contributed by atoms with van der Waals surface area (Å²) >= 11 is 0. The van der Waals surface area contributed by atoms with Crippen LogP contribution in [0.5, 0.6) is 0 Å². The van der Waals surface area contributed by atoms with Gasteiger partial charge in [0.15, 0.2) is 0 Å². The third-order valence-corrected chi connectivity index (χ3v) is 3.03. The van der Waals surface area contributed by atoms with Crippen LogP contribution < -0.4 is 10.2 Å². The number of nitro groups is 1. The molecule has 100 valence electrons. The molecule has 2 rings (SSSR count). The van der Waals surface area contributed by atoms with Gasteiger partial charge in [-0.25, -0.2) is 4.98 Å². The quantitative estimate of drug-likeness (QED) is 0.655. The second-order valence-electron chi connectivity index (χ2n) is 4.29. The second kappa shape index (κ2) is 5.62. The average Bonchev–Trinajstić information content (AvgIpc) is 2.43. The first kappa shape index (κ1) is 13.2. The van der Waals surface area contributed by atoms with Crippen LogP contribution in [0.1, 0.15) is 0 Å². The van der Waals surface area contributed by atoms with Crippen LogP contribution in [-0.4, -0.2) is 37.1 Å². The van der Waals surface area contributed by atoms with Gasteiger partial charge in [-0.05, 0) is 13.1 Å². The number of pyridine rings is 1. The molecule has 0 atom stereocenters. The summed E-state index contributed by atoms with van der Waals surface area (Å²) in [4.78, 5) is 16.8. The van der Waals surface area contributed by atoms with Crippen molar-refractivity contribution in [2.45, 2.75) is 0 Å². The van der Waals surface area contributed by atoms with Crippen LogP contribution in [0.15, 0.2) is 30.5 Å². The first-order chi connectivity index (χ1) is 9.15. The Balaban J connectivity index is 2.51. The first-order valence-electron chi connectivity index (χ1n) is 6.03. The highest BCUT2D eigenvalue weighted by molar-refractivity contribution is 5.96. The van der Waals surface area contributed by atoms with Crippen molar-refractivity contribution < 1.29 is 4.92 Å². The molecule has 1 heterocycles. The maximum Gasteiger partial charge on any atom is 0.295 e. The van der Waals surface area contributed by atoms with Crippen molar-refractivity contribution >= 4 is 22.3 Å². The molecule has 6 nitrogen and oxygen atoms in total. The zero-order valence-electron chi connectivity index (χ0n) is 11.0. The SMILES string of the molecule is CNCCN(C)c1ccnc2c([N+](=O)[O-])cccc12. The van der Waals surface area contributed by atoms with Crippen LogP contribution in [0.4, 0.5) is 11.4 Å².